The lowest BCUT2D eigenvalue weighted by Crippen LogP contribution is -2.20. The first-order chi connectivity index (χ1) is 7.06. The Morgan fingerprint density at radius 2 is 1.80 bits per heavy atom. The molecule has 0 spiro atoms. The van der Waals surface area contributed by atoms with Gasteiger partial charge in [-0.05, 0) is 36.0 Å². The number of rotatable bonds is 5. The first-order valence-corrected chi connectivity index (χ1v) is 7.06. The third kappa shape index (κ3) is 3.50. The molecule has 0 bridgehead atoms. The Bertz CT molecular complexity index is 171. The van der Waals surface area contributed by atoms with Crippen LogP contribution in [0.4, 0.5) is 0 Å². The smallest absolute Gasteiger partial charge is 0.0368 e. The number of hydrogen-bond donors (Lipinski definition) is 0. The summed E-state index contributed by atoms with van der Waals surface area (Å²) < 4.78 is 0. The topological polar surface area (TPSA) is 0 Å². The van der Waals surface area contributed by atoms with Crippen LogP contribution in [0.3, 0.4) is 0 Å². The molecule has 1 rings (SSSR count). The molecular formula is C15H30. The first kappa shape index (κ1) is 13.1. The molecule has 1 saturated carbocycles. The second-order valence-corrected chi connectivity index (χ2v) is 6.20. The molecule has 1 aliphatic rings. The average Bonchev–Trinajstić information content (AvgIpc) is 2.52. The zero-order chi connectivity index (χ0) is 11.4. The van der Waals surface area contributed by atoms with Crippen LogP contribution in [-0.2, 0) is 0 Å². The van der Waals surface area contributed by atoms with Gasteiger partial charge in [0, 0.05) is 0 Å². The predicted molar refractivity (Wildman–Crippen MR) is 68.9 cm³/mol. The van der Waals surface area contributed by atoms with Crippen molar-refractivity contribution in [2.24, 2.45) is 29.6 Å². The fourth-order valence-corrected chi connectivity index (χ4v) is 3.76. The predicted octanol–water partition coefficient (Wildman–Crippen LogP) is 5.13. The molecule has 0 aromatic heterocycles. The molecule has 0 heterocycles. The van der Waals surface area contributed by atoms with Gasteiger partial charge in [0.25, 0.3) is 0 Å². The van der Waals surface area contributed by atoms with Crippen LogP contribution in [0.5, 0.6) is 0 Å². The van der Waals surface area contributed by atoms with E-state index in [2.05, 4.69) is 34.6 Å². The van der Waals surface area contributed by atoms with Gasteiger partial charge < -0.3 is 0 Å². The van der Waals surface area contributed by atoms with E-state index in [9.17, 15) is 0 Å². The van der Waals surface area contributed by atoms with E-state index in [1.807, 2.05) is 0 Å². The summed E-state index contributed by atoms with van der Waals surface area (Å²) in [5.74, 6) is 4.77. The molecule has 4 unspecified atom stereocenters. The molecule has 0 radical (unpaired) electrons. The third-order valence-electron chi connectivity index (χ3n) is 4.77. The van der Waals surface area contributed by atoms with Crippen molar-refractivity contribution >= 4 is 0 Å². The Kier molecular flexibility index (Phi) is 5.15. The molecule has 0 aliphatic heterocycles. The SMILES string of the molecule is CCC(C(C)C)C(C)CC1CCCC1C. The molecule has 4 atom stereocenters. The van der Waals surface area contributed by atoms with E-state index in [-0.39, 0.29) is 0 Å². The fraction of sp³-hybridized carbons (Fsp3) is 1.00. The van der Waals surface area contributed by atoms with Crippen LogP contribution in [-0.4, -0.2) is 0 Å². The lowest BCUT2D eigenvalue weighted by molar-refractivity contribution is 0.206. The average molecular weight is 210 g/mol. The van der Waals surface area contributed by atoms with Crippen molar-refractivity contribution in [2.75, 3.05) is 0 Å². The Morgan fingerprint density at radius 1 is 1.13 bits per heavy atom. The molecular weight excluding hydrogens is 180 g/mol. The van der Waals surface area contributed by atoms with Gasteiger partial charge >= 0.3 is 0 Å². The zero-order valence-electron chi connectivity index (χ0n) is 11.4. The number of hydrogen-bond acceptors (Lipinski definition) is 0. The summed E-state index contributed by atoms with van der Waals surface area (Å²) in [6.45, 7) is 12.1. The summed E-state index contributed by atoms with van der Waals surface area (Å²) in [4.78, 5) is 0. The summed E-state index contributed by atoms with van der Waals surface area (Å²) >= 11 is 0. The van der Waals surface area contributed by atoms with Crippen molar-refractivity contribution in [1.29, 1.82) is 0 Å². The summed E-state index contributed by atoms with van der Waals surface area (Å²) in [5.41, 5.74) is 0. The van der Waals surface area contributed by atoms with Crippen LogP contribution >= 0.6 is 0 Å². The van der Waals surface area contributed by atoms with E-state index < -0.39 is 0 Å². The lowest BCUT2D eigenvalue weighted by atomic mass is 9.76. The molecule has 0 saturated heterocycles. The maximum atomic E-state index is 2.49. The van der Waals surface area contributed by atoms with Gasteiger partial charge in [0.2, 0.25) is 0 Å². The van der Waals surface area contributed by atoms with E-state index in [0.29, 0.717) is 0 Å². The van der Waals surface area contributed by atoms with Crippen LogP contribution in [0.25, 0.3) is 0 Å². The first-order valence-electron chi connectivity index (χ1n) is 7.06. The summed E-state index contributed by atoms with van der Waals surface area (Å²) in [6, 6.07) is 0. The molecule has 15 heavy (non-hydrogen) atoms. The molecule has 0 aromatic carbocycles. The largest absolute Gasteiger partial charge is 0.0651 e. The van der Waals surface area contributed by atoms with Gasteiger partial charge in [0.15, 0.2) is 0 Å². The minimum Gasteiger partial charge on any atom is -0.0651 e. The quantitative estimate of drug-likeness (QED) is 0.590. The highest BCUT2D eigenvalue weighted by Crippen LogP contribution is 2.38. The standard InChI is InChI=1S/C15H30/c1-6-15(11(2)3)13(5)10-14-9-7-8-12(14)4/h11-15H,6-10H2,1-5H3. The van der Waals surface area contributed by atoms with Crippen LogP contribution in [0.2, 0.25) is 0 Å². The van der Waals surface area contributed by atoms with Gasteiger partial charge in [0.1, 0.15) is 0 Å². The Hall–Kier alpha value is 0. The van der Waals surface area contributed by atoms with Crippen molar-refractivity contribution in [3.8, 4) is 0 Å². The highest BCUT2D eigenvalue weighted by atomic mass is 14.3. The summed E-state index contributed by atoms with van der Waals surface area (Å²) in [7, 11) is 0. The molecule has 0 heteroatoms. The van der Waals surface area contributed by atoms with Crippen molar-refractivity contribution in [3.63, 3.8) is 0 Å². The van der Waals surface area contributed by atoms with Crippen LogP contribution in [0.1, 0.15) is 66.7 Å². The Morgan fingerprint density at radius 3 is 2.20 bits per heavy atom. The van der Waals surface area contributed by atoms with Gasteiger partial charge in [-0.1, -0.05) is 60.3 Å². The highest BCUT2D eigenvalue weighted by Gasteiger charge is 2.28. The van der Waals surface area contributed by atoms with E-state index in [1.165, 1.54) is 32.1 Å². The monoisotopic (exact) mass is 210 g/mol. The van der Waals surface area contributed by atoms with E-state index >= 15 is 0 Å². The van der Waals surface area contributed by atoms with Crippen molar-refractivity contribution < 1.29 is 0 Å². The molecule has 0 nitrogen and oxygen atoms in total. The van der Waals surface area contributed by atoms with Gasteiger partial charge in [-0.3, -0.25) is 0 Å². The van der Waals surface area contributed by atoms with E-state index in [4.69, 9.17) is 0 Å². The van der Waals surface area contributed by atoms with Crippen LogP contribution in [0, 0.1) is 29.6 Å². The van der Waals surface area contributed by atoms with Crippen molar-refractivity contribution in [1.82, 2.24) is 0 Å². The van der Waals surface area contributed by atoms with Crippen molar-refractivity contribution in [3.05, 3.63) is 0 Å². The van der Waals surface area contributed by atoms with Gasteiger partial charge in [-0.25, -0.2) is 0 Å². The molecule has 0 amide bonds. The maximum absolute atomic E-state index is 2.49. The molecule has 1 aliphatic carbocycles. The lowest BCUT2D eigenvalue weighted by Gasteiger charge is -2.29. The summed E-state index contributed by atoms with van der Waals surface area (Å²) in [5, 5.41) is 0. The molecule has 0 aromatic rings. The van der Waals surface area contributed by atoms with Crippen LogP contribution in [0.15, 0.2) is 0 Å². The van der Waals surface area contributed by atoms with Crippen molar-refractivity contribution in [2.45, 2.75) is 66.7 Å². The molecule has 0 N–H and O–H groups in total. The molecule has 1 fully saturated rings. The van der Waals surface area contributed by atoms with E-state index in [0.717, 1.165) is 29.6 Å². The van der Waals surface area contributed by atoms with Gasteiger partial charge in [-0.2, -0.15) is 0 Å². The second kappa shape index (κ2) is 5.92. The van der Waals surface area contributed by atoms with Crippen LogP contribution < -0.4 is 0 Å². The fourth-order valence-electron chi connectivity index (χ4n) is 3.76. The van der Waals surface area contributed by atoms with Gasteiger partial charge in [-0.15, -0.1) is 0 Å². The zero-order valence-corrected chi connectivity index (χ0v) is 11.4. The minimum atomic E-state index is 0.863. The van der Waals surface area contributed by atoms with E-state index in [1.54, 1.807) is 0 Å². The molecule has 90 valence electrons. The third-order valence-corrected chi connectivity index (χ3v) is 4.77. The van der Waals surface area contributed by atoms with Gasteiger partial charge in [0.05, 0.1) is 0 Å². The Labute approximate surface area is 96.8 Å². The Balaban J connectivity index is 2.42. The maximum Gasteiger partial charge on any atom is -0.0368 e. The normalized spacial score (nSPS) is 30.8. The second-order valence-electron chi connectivity index (χ2n) is 6.20. The highest BCUT2D eigenvalue weighted by molar-refractivity contribution is 4.78. The summed E-state index contributed by atoms with van der Waals surface area (Å²) in [6.07, 6.45) is 7.31. The minimum absolute atomic E-state index is 0.863.